The van der Waals surface area contributed by atoms with Crippen LogP contribution in [0.15, 0.2) is 23.6 Å². The Kier molecular flexibility index (Phi) is 9.41. The van der Waals surface area contributed by atoms with E-state index >= 15 is 0 Å². The van der Waals surface area contributed by atoms with Gasteiger partial charge in [0, 0.05) is 19.3 Å². The minimum Gasteiger partial charge on any atom is -0.396 e. The normalized spacial score (nSPS) is 13.1. The quantitative estimate of drug-likeness (QED) is 0.419. The summed E-state index contributed by atoms with van der Waals surface area (Å²) in [5.41, 5.74) is 5.25. The van der Waals surface area contributed by atoms with Crippen molar-refractivity contribution in [3.8, 4) is 11.8 Å². The fourth-order valence-corrected chi connectivity index (χ4v) is 2.77. The van der Waals surface area contributed by atoms with Crippen LogP contribution < -0.4 is 16.7 Å². The van der Waals surface area contributed by atoms with Crippen LogP contribution in [0, 0.1) is 23.7 Å². The average molecular weight is 414 g/mol. The highest BCUT2D eigenvalue weighted by Crippen LogP contribution is 2.23. The highest BCUT2D eigenvalue weighted by Gasteiger charge is 2.38. The molecule has 2 unspecified atom stereocenters. The Morgan fingerprint density at radius 3 is 2.72 bits per heavy atom. The van der Waals surface area contributed by atoms with Crippen LogP contribution in [0.1, 0.15) is 31.7 Å². The smallest absolute Gasteiger partial charge is 0.396 e. The van der Waals surface area contributed by atoms with Crippen molar-refractivity contribution in [2.24, 2.45) is 11.8 Å². The molecule has 1 aromatic heterocycles. The zero-order valence-corrected chi connectivity index (χ0v) is 16.1. The minimum absolute atomic E-state index is 0.0157. The summed E-state index contributed by atoms with van der Waals surface area (Å²) in [5, 5.41) is 11.2. The van der Waals surface area contributed by atoms with E-state index in [9.17, 15) is 27.9 Å². The van der Waals surface area contributed by atoms with Gasteiger partial charge in [0.2, 0.25) is 0 Å². The molecule has 29 heavy (non-hydrogen) atoms. The molecule has 1 heterocycles. The summed E-state index contributed by atoms with van der Waals surface area (Å²) < 4.78 is 37.7. The molecule has 0 radical (unpaired) electrons. The molecule has 0 spiro atoms. The zero-order valence-electron chi connectivity index (χ0n) is 16.1. The van der Waals surface area contributed by atoms with Gasteiger partial charge in [-0.15, -0.1) is 6.58 Å². The first-order chi connectivity index (χ1) is 13.6. The molecular weight excluding hydrogens is 389 g/mol. The third-order valence-electron chi connectivity index (χ3n) is 4.44. The third kappa shape index (κ3) is 7.62. The number of aromatic nitrogens is 2. The molecule has 1 amide bonds. The molecule has 0 saturated heterocycles. The lowest BCUT2D eigenvalue weighted by Gasteiger charge is -2.25. The molecule has 7 nitrogen and oxygen atoms in total. The molecule has 1 rings (SSSR count). The molecule has 0 aromatic carbocycles. The number of allylic oxidation sites excluding steroid dienone is 1. The summed E-state index contributed by atoms with van der Waals surface area (Å²) >= 11 is 0. The number of halogens is 3. The van der Waals surface area contributed by atoms with Crippen LogP contribution >= 0.6 is 0 Å². The van der Waals surface area contributed by atoms with Gasteiger partial charge < -0.3 is 16.2 Å². The van der Waals surface area contributed by atoms with E-state index in [1.807, 2.05) is 6.92 Å². The first-order valence-electron chi connectivity index (χ1n) is 9.06. The summed E-state index contributed by atoms with van der Waals surface area (Å²) in [6, 6.07) is 0. The first-order valence-corrected chi connectivity index (χ1v) is 9.06. The number of rotatable bonds is 9. The average Bonchev–Trinajstić information content (AvgIpc) is 2.65. The van der Waals surface area contributed by atoms with Crippen LogP contribution in [0.3, 0.4) is 0 Å². The summed E-state index contributed by atoms with van der Waals surface area (Å²) in [6.45, 7) is 5.34. The maximum Gasteiger partial charge on any atom is 0.471 e. The highest BCUT2D eigenvalue weighted by atomic mass is 19.4. The van der Waals surface area contributed by atoms with Gasteiger partial charge in [0.05, 0.1) is 12.1 Å². The van der Waals surface area contributed by atoms with Gasteiger partial charge in [-0.1, -0.05) is 31.3 Å². The van der Waals surface area contributed by atoms with E-state index in [-0.39, 0.29) is 36.4 Å². The van der Waals surface area contributed by atoms with Crippen molar-refractivity contribution in [2.45, 2.75) is 38.9 Å². The number of aliphatic hydroxyl groups excluding tert-OH is 1. The molecule has 2 atom stereocenters. The maximum absolute atomic E-state index is 12.2. The highest BCUT2D eigenvalue weighted by molar-refractivity contribution is 5.81. The molecule has 0 fully saturated rings. The van der Waals surface area contributed by atoms with Crippen LogP contribution in [0.25, 0.3) is 0 Å². The third-order valence-corrected chi connectivity index (χ3v) is 4.44. The Bertz CT molecular complexity index is 821. The van der Waals surface area contributed by atoms with Crippen LogP contribution in [0.4, 0.5) is 19.0 Å². The van der Waals surface area contributed by atoms with E-state index in [4.69, 9.17) is 5.73 Å². The van der Waals surface area contributed by atoms with Gasteiger partial charge in [0.15, 0.2) is 0 Å². The number of nitrogen functional groups attached to an aromatic ring is 1. The van der Waals surface area contributed by atoms with E-state index in [1.54, 1.807) is 11.4 Å². The lowest BCUT2D eigenvalue weighted by Crippen LogP contribution is -2.36. The van der Waals surface area contributed by atoms with Gasteiger partial charge in [-0.3, -0.25) is 9.36 Å². The largest absolute Gasteiger partial charge is 0.471 e. The topological polar surface area (TPSA) is 110 Å². The number of carbonyl (C=O) groups excluding carboxylic acids is 1. The van der Waals surface area contributed by atoms with Crippen molar-refractivity contribution in [2.75, 3.05) is 18.9 Å². The van der Waals surface area contributed by atoms with Crippen molar-refractivity contribution in [3.63, 3.8) is 0 Å². The molecule has 1 aromatic rings. The molecule has 0 aliphatic rings. The zero-order chi connectivity index (χ0) is 22.0. The summed E-state index contributed by atoms with van der Waals surface area (Å²) in [7, 11) is 0. The van der Waals surface area contributed by atoms with Crippen LogP contribution in [0.5, 0.6) is 0 Å². The fraction of sp³-hybridized carbons (Fsp3) is 0.526. The summed E-state index contributed by atoms with van der Waals surface area (Å²) in [6.07, 6.45) is 0.300. The van der Waals surface area contributed by atoms with Crippen LogP contribution in [0.2, 0.25) is 0 Å². The Morgan fingerprint density at radius 1 is 1.48 bits per heavy atom. The maximum atomic E-state index is 12.2. The van der Waals surface area contributed by atoms with E-state index < -0.39 is 24.3 Å². The van der Waals surface area contributed by atoms with Crippen LogP contribution in [-0.2, 0) is 11.3 Å². The Morgan fingerprint density at radius 2 is 2.17 bits per heavy atom. The number of nitrogens with two attached hydrogens (primary N) is 1. The van der Waals surface area contributed by atoms with Crippen molar-refractivity contribution < 1.29 is 23.1 Å². The van der Waals surface area contributed by atoms with Gasteiger partial charge in [-0.05, 0) is 24.7 Å². The molecule has 160 valence electrons. The molecular formula is C19H25F3N4O3. The predicted octanol–water partition coefficient (Wildman–Crippen LogP) is 1.46. The Balaban J connectivity index is 3.01. The molecule has 0 bridgehead atoms. The van der Waals surface area contributed by atoms with Gasteiger partial charge in [-0.25, -0.2) is 4.79 Å². The Labute approximate surface area is 166 Å². The number of nitrogens with one attached hydrogen (secondary N) is 1. The number of anilines is 1. The number of amides is 1. The second kappa shape index (κ2) is 11.3. The van der Waals surface area contributed by atoms with Crippen molar-refractivity contribution in [3.05, 3.63) is 34.9 Å². The second-order valence-corrected chi connectivity index (χ2v) is 6.43. The fourth-order valence-electron chi connectivity index (χ4n) is 2.77. The van der Waals surface area contributed by atoms with Crippen molar-refractivity contribution >= 4 is 11.7 Å². The van der Waals surface area contributed by atoms with E-state index in [0.717, 1.165) is 6.42 Å². The molecule has 0 saturated carbocycles. The van der Waals surface area contributed by atoms with Crippen LogP contribution in [-0.4, -0.2) is 39.9 Å². The summed E-state index contributed by atoms with van der Waals surface area (Å²) in [4.78, 5) is 26.6. The first kappa shape index (κ1) is 24.2. The number of hydrogen-bond donors (Lipinski definition) is 3. The van der Waals surface area contributed by atoms with Gasteiger partial charge >= 0.3 is 17.8 Å². The number of carbonyl (C=O) groups is 1. The van der Waals surface area contributed by atoms with E-state index in [2.05, 4.69) is 23.4 Å². The SMILES string of the molecule is C=CCCC(Cn1cc(C#CCNC(=O)C(F)(F)F)c(N)nc1=O)C(CC)CO. The lowest BCUT2D eigenvalue weighted by atomic mass is 9.86. The molecule has 10 heteroatoms. The predicted molar refractivity (Wildman–Crippen MR) is 103 cm³/mol. The van der Waals surface area contributed by atoms with Gasteiger partial charge in [0.1, 0.15) is 5.82 Å². The molecule has 4 N–H and O–H groups in total. The van der Waals surface area contributed by atoms with E-state index in [1.165, 1.54) is 10.8 Å². The monoisotopic (exact) mass is 414 g/mol. The second-order valence-electron chi connectivity index (χ2n) is 6.43. The lowest BCUT2D eigenvalue weighted by molar-refractivity contribution is -0.173. The molecule has 0 aliphatic carbocycles. The summed E-state index contributed by atoms with van der Waals surface area (Å²) in [5.74, 6) is 2.58. The van der Waals surface area contributed by atoms with Gasteiger partial charge in [0.25, 0.3) is 0 Å². The number of aliphatic hydroxyl groups is 1. The number of hydrogen-bond acceptors (Lipinski definition) is 5. The van der Waals surface area contributed by atoms with E-state index in [0.29, 0.717) is 12.8 Å². The molecule has 0 aliphatic heterocycles. The van der Waals surface area contributed by atoms with Crippen molar-refractivity contribution in [1.82, 2.24) is 14.9 Å². The van der Waals surface area contributed by atoms with Crippen molar-refractivity contribution in [1.29, 1.82) is 0 Å². The minimum atomic E-state index is -4.99. The van der Waals surface area contributed by atoms with Gasteiger partial charge in [-0.2, -0.15) is 18.2 Å². The number of alkyl halides is 3. The number of nitrogens with zero attached hydrogens (tertiary/aromatic N) is 2. The standard InChI is InChI=1S/C19H25F3N4O3/c1-3-5-7-14(13(4-2)12-27)10-26-11-15(16(23)25-18(26)29)8-6-9-24-17(28)19(20,21)22/h3,11,13-14,27H,1,4-5,7,9-10,12H2,2H3,(H,24,28)(H2,23,25,29). The Hall–Kier alpha value is -2.80.